The van der Waals surface area contributed by atoms with Gasteiger partial charge >= 0.3 is 0 Å². The number of ether oxygens (including phenoxy) is 1. The number of hydrogen-bond donors (Lipinski definition) is 3. The summed E-state index contributed by atoms with van der Waals surface area (Å²) in [5, 5.41) is 0. The molecule has 0 unspecified atom stereocenters. The Hall–Kier alpha value is 1.01. The first-order chi connectivity index (χ1) is 5.24. The van der Waals surface area contributed by atoms with E-state index >= 15 is 0 Å². The fourth-order valence-electron chi connectivity index (χ4n) is 0.605. The zero-order chi connectivity index (χ0) is 8.74. The maximum absolute atomic E-state index is 5.32. The molecular weight excluding hydrogens is 196 g/mol. The fourth-order valence-corrected chi connectivity index (χ4v) is 2.08. The van der Waals surface area contributed by atoms with E-state index in [9.17, 15) is 0 Å². The van der Waals surface area contributed by atoms with Gasteiger partial charge in [0.15, 0.2) is 0 Å². The van der Waals surface area contributed by atoms with Gasteiger partial charge in [0.05, 0.1) is 6.61 Å². The Kier molecular flexibility index (Phi) is 7.12. The van der Waals surface area contributed by atoms with Crippen molar-refractivity contribution in [2.75, 3.05) is 30.5 Å². The summed E-state index contributed by atoms with van der Waals surface area (Å²) < 4.78 is 5.32. The Labute approximate surface area is 85.5 Å². The summed E-state index contributed by atoms with van der Waals surface area (Å²) in [5.41, 5.74) is 0.0470. The third-order valence-corrected chi connectivity index (χ3v) is 3.63. The molecule has 0 saturated heterocycles. The minimum Gasteiger partial charge on any atom is -0.381 e. The molecule has 0 heterocycles. The molecular formula is C7H16OS3. The van der Waals surface area contributed by atoms with E-state index in [4.69, 9.17) is 4.74 Å². The first kappa shape index (κ1) is 12.0. The smallest absolute Gasteiger partial charge is 0.0545 e. The second kappa shape index (κ2) is 6.52. The van der Waals surface area contributed by atoms with Crippen LogP contribution in [0.3, 0.4) is 0 Å². The van der Waals surface area contributed by atoms with Crippen molar-refractivity contribution in [3.8, 4) is 0 Å². The Bertz CT molecular complexity index is 85.4. The summed E-state index contributed by atoms with van der Waals surface area (Å²) >= 11 is 12.8. The van der Waals surface area contributed by atoms with Crippen LogP contribution in [0.5, 0.6) is 0 Å². The molecule has 0 bridgehead atoms. The van der Waals surface area contributed by atoms with Gasteiger partial charge in [0.1, 0.15) is 0 Å². The Morgan fingerprint density at radius 1 is 1.09 bits per heavy atom. The highest BCUT2D eigenvalue weighted by Crippen LogP contribution is 2.22. The fraction of sp³-hybridized carbons (Fsp3) is 1.00. The largest absolute Gasteiger partial charge is 0.381 e. The Morgan fingerprint density at radius 3 is 1.82 bits per heavy atom. The van der Waals surface area contributed by atoms with Crippen LogP contribution in [-0.4, -0.2) is 30.5 Å². The molecule has 0 rings (SSSR count). The van der Waals surface area contributed by atoms with Crippen molar-refractivity contribution in [1.29, 1.82) is 0 Å². The molecule has 0 saturated carbocycles. The Morgan fingerprint density at radius 2 is 1.55 bits per heavy atom. The summed E-state index contributed by atoms with van der Waals surface area (Å²) in [4.78, 5) is 0. The number of rotatable bonds is 6. The lowest BCUT2D eigenvalue weighted by molar-refractivity contribution is 0.0877. The third-order valence-electron chi connectivity index (χ3n) is 1.62. The summed E-state index contributed by atoms with van der Waals surface area (Å²) in [6.45, 7) is 3.44. The van der Waals surface area contributed by atoms with Gasteiger partial charge in [-0.05, 0) is 24.2 Å². The molecule has 68 valence electrons. The van der Waals surface area contributed by atoms with Crippen molar-refractivity contribution < 1.29 is 4.74 Å². The van der Waals surface area contributed by atoms with Gasteiger partial charge in [-0.2, -0.15) is 37.9 Å². The second-order valence-corrected chi connectivity index (χ2v) is 3.56. The van der Waals surface area contributed by atoms with Gasteiger partial charge in [0, 0.05) is 12.0 Å². The number of hydrogen-bond acceptors (Lipinski definition) is 4. The minimum absolute atomic E-state index is 0.0470. The molecule has 0 aliphatic heterocycles. The first-order valence-electron chi connectivity index (χ1n) is 3.65. The summed E-state index contributed by atoms with van der Waals surface area (Å²) in [7, 11) is 0. The molecule has 0 aromatic heterocycles. The maximum atomic E-state index is 5.32. The molecule has 11 heavy (non-hydrogen) atoms. The van der Waals surface area contributed by atoms with Crippen LogP contribution in [-0.2, 0) is 4.74 Å². The van der Waals surface area contributed by atoms with Crippen LogP contribution in [0.2, 0.25) is 0 Å². The van der Waals surface area contributed by atoms with Gasteiger partial charge < -0.3 is 4.74 Å². The van der Waals surface area contributed by atoms with Gasteiger partial charge in [-0.25, -0.2) is 0 Å². The molecule has 0 aromatic rings. The molecule has 0 radical (unpaired) electrons. The SMILES string of the molecule is CCOCC(CS)(CS)CS. The van der Waals surface area contributed by atoms with E-state index in [1.165, 1.54) is 0 Å². The molecule has 0 spiro atoms. The van der Waals surface area contributed by atoms with E-state index in [0.717, 1.165) is 23.9 Å². The van der Waals surface area contributed by atoms with E-state index < -0.39 is 0 Å². The predicted octanol–water partition coefficient (Wildman–Crippen LogP) is 1.80. The molecule has 0 amide bonds. The van der Waals surface area contributed by atoms with Crippen LogP contribution in [0.1, 0.15) is 6.92 Å². The van der Waals surface area contributed by atoms with Crippen molar-refractivity contribution in [2.24, 2.45) is 5.41 Å². The molecule has 1 nitrogen and oxygen atoms in total. The highest BCUT2D eigenvalue weighted by atomic mass is 32.1. The van der Waals surface area contributed by atoms with Crippen LogP contribution in [0.15, 0.2) is 0 Å². The zero-order valence-electron chi connectivity index (χ0n) is 6.79. The molecule has 0 N–H and O–H groups in total. The lowest BCUT2D eigenvalue weighted by Crippen LogP contribution is -2.33. The lowest BCUT2D eigenvalue weighted by atomic mass is 9.97. The van der Waals surface area contributed by atoms with Crippen LogP contribution in [0.4, 0.5) is 0 Å². The van der Waals surface area contributed by atoms with Crippen LogP contribution < -0.4 is 0 Å². The molecule has 0 aliphatic carbocycles. The normalized spacial score (nSPS) is 12.0. The average molecular weight is 212 g/mol. The quantitative estimate of drug-likeness (QED) is 0.569. The topological polar surface area (TPSA) is 9.23 Å². The third kappa shape index (κ3) is 3.97. The van der Waals surface area contributed by atoms with Crippen molar-refractivity contribution in [3.05, 3.63) is 0 Å². The van der Waals surface area contributed by atoms with Crippen molar-refractivity contribution in [3.63, 3.8) is 0 Å². The standard InChI is InChI=1S/C7H16OS3/c1-2-8-3-7(4-9,5-10)6-11/h9-11H,2-6H2,1H3. The van der Waals surface area contributed by atoms with E-state index in [1.54, 1.807) is 0 Å². The predicted molar refractivity (Wildman–Crippen MR) is 60.5 cm³/mol. The Balaban J connectivity index is 3.84. The van der Waals surface area contributed by atoms with E-state index in [2.05, 4.69) is 37.9 Å². The van der Waals surface area contributed by atoms with Crippen LogP contribution in [0, 0.1) is 5.41 Å². The maximum Gasteiger partial charge on any atom is 0.0545 e. The van der Waals surface area contributed by atoms with Crippen molar-refractivity contribution >= 4 is 37.9 Å². The summed E-state index contributed by atoms with van der Waals surface area (Å²) in [5.74, 6) is 2.33. The number of thiol groups is 3. The lowest BCUT2D eigenvalue weighted by Gasteiger charge is -2.27. The van der Waals surface area contributed by atoms with E-state index in [1.807, 2.05) is 6.92 Å². The summed E-state index contributed by atoms with van der Waals surface area (Å²) in [6.07, 6.45) is 0. The minimum atomic E-state index is 0.0470. The molecule has 0 aromatic carbocycles. The van der Waals surface area contributed by atoms with E-state index in [-0.39, 0.29) is 5.41 Å². The van der Waals surface area contributed by atoms with Gasteiger partial charge in [0.25, 0.3) is 0 Å². The zero-order valence-corrected chi connectivity index (χ0v) is 9.47. The first-order valence-corrected chi connectivity index (χ1v) is 5.54. The van der Waals surface area contributed by atoms with Crippen molar-refractivity contribution in [2.45, 2.75) is 6.92 Å². The highest BCUT2D eigenvalue weighted by molar-refractivity contribution is 7.82. The molecule has 4 heteroatoms. The van der Waals surface area contributed by atoms with Crippen LogP contribution >= 0.6 is 37.9 Å². The van der Waals surface area contributed by atoms with Crippen molar-refractivity contribution in [1.82, 2.24) is 0 Å². The van der Waals surface area contributed by atoms with Gasteiger partial charge in [0.2, 0.25) is 0 Å². The van der Waals surface area contributed by atoms with E-state index in [0.29, 0.717) is 6.61 Å². The molecule has 0 fully saturated rings. The monoisotopic (exact) mass is 212 g/mol. The van der Waals surface area contributed by atoms with Crippen LogP contribution in [0.25, 0.3) is 0 Å². The molecule has 0 atom stereocenters. The van der Waals surface area contributed by atoms with Gasteiger partial charge in [-0.3, -0.25) is 0 Å². The average Bonchev–Trinajstić information content (AvgIpc) is 2.08. The summed E-state index contributed by atoms with van der Waals surface area (Å²) in [6, 6.07) is 0. The van der Waals surface area contributed by atoms with Gasteiger partial charge in [-0.15, -0.1) is 0 Å². The molecule has 0 aliphatic rings. The van der Waals surface area contributed by atoms with Gasteiger partial charge in [-0.1, -0.05) is 0 Å². The second-order valence-electron chi connectivity index (χ2n) is 2.61. The highest BCUT2D eigenvalue weighted by Gasteiger charge is 2.25.